The van der Waals surface area contributed by atoms with Crippen LogP contribution in [0.15, 0.2) is 0 Å². The van der Waals surface area contributed by atoms with Gasteiger partial charge in [0.25, 0.3) is 0 Å². The van der Waals surface area contributed by atoms with Crippen LogP contribution in [0.1, 0.15) is 44.9 Å². The molecule has 0 bridgehead atoms. The molecular weight excluding hydrogens is 330 g/mol. The van der Waals surface area contributed by atoms with Crippen molar-refractivity contribution in [1.82, 2.24) is 14.7 Å². The number of carbonyl (C=O) groups excluding carboxylic acids is 2. The van der Waals surface area contributed by atoms with Crippen LogP contribution in [-0.4, -0.2) is 85.0 Å². The van der Waals surface area contributed by atoms with Gasteiger partial charge < -0.3 is 14.5 Å². The third-order valence-electron chi connectivity index (χ3n) is 6.82. The maximum Gasteiger partial charge on any atom is 0.229 e. The van der Waals surface area contributed by atoms with Crippen molar-refractivity contribution in [2.24, 2.45) is 11.8 Å². The summed E-state index contributed by atoms with van der Waals surface area (Å²) in [5.41, 5.74) is 0. The van der Waals surface area contributed by atoms with Crippen LogP contribution in [0.5, 0.6) is 0 Å². The van der Waals surface area contributed by atoms with Gasteiger partial charge in [0.05, 0.1) is 5.92 Å². The first-order valence-electron chi connectivity index (χ1n) is 10.6. The Balaban J connectivity index is 1.19. The van der Waals surface area contributed by atoms with Gasteiger partial charge in [-0.3, -0.25) is 14.5 Å². The highest BCUT2D eigenvalue weighted by Crippen LogP contribution is 2.27. The minimum absolute atomic E-state index is 0.0314. The van der Waals surface area contributed by atoms with Crippen molar-refractivity contribution < 1.29 is 14.3 Å². The van der Waals surface area contributed by atoms with Crippen LogP contribution in [0.4, 0.5) is 0 Å². The topological polar surface area (TPSA) is 53.1 Å². The van der Waals surface area contributed by atoms with Gasteiger partial charge in [-0.15, -0.1) is 0 Å². The van der Waals surface area contributed by atoms with Crippen LogP contribution >= 0.6 is 0 Å². The molecule has 146 valence electrons. The quantitative estimate of drug-likeness (QED) is 0.757. The molecule has 26 heavy (non-hydrogen) atoms. The Morgan fingerprint density at radius 2 is 1.62 bits per heavy atom. The number of hydrogen-bond donors (Lipinski definition) is 0. The first-order valence-corrected chi connectivity index (χ1v) is 10.6. The van der Waals surface area contributed by atoms with Crippen molar-refractivity contribution in [3.63, 3.8) is 0 Å². The van der Waals surface area contributed by atoms with Crippen LogP contribution < -0.4 is 0 Å². The van der Waals surface area contributed by atoms with Gasteiger partial charge in [0, 0.05) is 64.9 Å². The minimum atomic E-state index is 0.0314. The smallest absolute Gasteiger partial charge is 0.229 e. The van der Waals surface area contributed by atoms with Crippen molar-refractivity contribution in [3.8, 4) is 0 Å². The second kappa shape index (κ2) is 8.26. The molecule has 3 aliphatic heterocycles. The lowest BCUT2D eigenvalue weighted by Gasteiger charge is -2.41. The number of carbonyl (C=O) groups is 2. The van der Waals surface area contributed by atoms with E-state index in [9.17, 15) is 9.59 Å². The molecule has 4 fully saturated rings. The maximum absolute atomic E-state index is 12.8. The summed E-state index contributed by atoms with van der Waals surface area (Å²) in [6.07, 6.45) is 7.73. The second-order valence-electron chi connectivity index (χ2n) is 8.56. The Morgan fingerprint density at radius 1 is 0.846 bits per heavy atom. The average molecular weight is 364 g/mol. The van der Waals surface area contributed by atoms with Gasteiger partial charge in [-0.2, -0.15) is 0 Å². The molecule has 3 heterocycles. The average Bonchev–Trinajstić information content (AvgIpc) is 2.79. The highest BCUT2D eigenvalue weighted by atomic mass is 16.5. The second-order valence-corrected chi connectivity index (χ2v) is 8.56. The first-order chi connectivity index (χ1) is 12.7. The Bertz CT molecular complexity index is 510. The predicted molar refractivity (Wildman–Crippen MR) is 98.6 cm³/mol. The van der Waals surface area contributed by atoms with Gasteiger partial charge in [0.1, 0.15) is 0 Å². The molecule has 6 heteroatoms. The Morgan fingerprint density at radius 3 is 2.31 bits per heavy atom. The van der Waals surface area contributed by atoms with E-state index in [4.69, 9.17) is 4.74 Å². The minimum Gasteiger partial charge on any atom is -0.381 e. The fourth-order valence-corrected chi connectivity index (χ4v) is 4.70. The van der Waals surface area contributed by atoms with Gasteiger partial charge in [0.15, 0.2) is 0 Å². The molecule has 1 saturated carbocycles. The number of hydrogen-bond acceptors (Lipinski definition) is 4. The third-order valence-corrected chi connectivity index (χ3v) is 6.82. The van der Waals surface area contributed by atoms with E-state index in [0.29, 0.717) is 25.4 Å². The number of likely N-dealkylation sites (tertiary alicyclic amines) is 1. The molecule has 0 radical (unpaired) electrons. The molecular formula is C20H33N3O3. The fourth-order valence-electron chi connectivity index (χ4n) is 4.70. The molecule has 0 atom stereocenters. The van der Waals surface area contributed by atoms with Gasteiger partial charge in [0.2, 0.25) is 11.8 Å². The molecule has 0 spiro atoms. The van der Waals surface area contributed by atoms with E-state index in [2.05, 4.69) is 9.80 Å². The lowest BCUT2D eigenvalue weighted by Crippen LogP contribution is -2.57. The van der Waals surface area contributed by atoms with Crippen molar-refractivity contribution >= 4 is 11.8 Å². The molecule has 0 aromatic rings. The van der Waals surface area contributed by atoms with E-state index in [1.165, 1.54) is 19.3 Å². The van der Waals surface area contributed by atoms with E-state index in [1.807, 2.05) is 4.90 Å². The number of ether oxygens (including phenoxy) is 1. The Labute approximate surface area is 156 Å². The maximum atomic E-state index is 12.8. The summed E-state index contributed by atoms with van der Waals surface area (Å²) >= 11 is 0. The zero-order valence-corrected chi connectivity index (χ0v) is 15.9. The predicted octanol–water partition coefficient (Wildman–Crippen LogP) is 1.35. The van der Waals surface area contributed by atoms with Gasteiger partial charge >= 0.3 is 0 Å². The van der Waals surface area contributed by atoms with Crippen LogP contribution in [-0.2, 0) is 14.3 Å². The van der Waals surface area contributed by atoms with Gasteiger partial charge in [-0.25, -0.2) is 0 Å². The molecule has 0 N–H and O–H groups in total. The highest BCUT2D eigenvalue weighted by molar-refractivity contribution is 5.84. The van der Waals surface area contributed by atoms with Crippen molar-refractivity contribution in [2.45, 2.75) is 51.0 Å². The van der Waals surface area contributed by atoms with E-state index in [0.717, 1.165) is 64.7 Å². The van der Waals surface area contributed by atoms with Crippen LogP contribution in [0, 0.1) is 11.8 Å². The normalized spacial score (nSPS) is 26.9. The summed E-state index contributed by atoms with van der Waals surface area (Å²) in [4.78, 5) is 31.7. The summed E-state index contributed by atoms with van der Waals surface area (Å²) in [5.74, 6) is 1.00. The molecule has 0 aromatic carbocycles. The zero-order chi connectivity index (χ0) is 17.9. The van der Waals surface area contributed by atoms with E-state index in [1.54, 1.807) is 0 Å². The summed E-state index contributed by atoms with van der Waals surface area (Å²) in [6.45, 7) is 6.73. The molecule has 4 rings (SSSR count). The number of rotatable bonds is 4. The van der Waals surface area contributed by atoms with E-state index in [-0.39, 0.29) is 17.7 Å². The summed E-state index contributed by atoms with van der Waals surface area (Å²) in [6, 6.07) is 0.770. The molecule has 3 saturated heterocycles. The van der Waals surface area contributed by atoms with Crippen LogP contribution in [0.3, 0.4) is 0 Å². The monoisotopic (exact) mass is 363 g/mol. The SMILES string of the molecule is O=C(CC1CCOCC1)N1CC(C(=O)N2CCCN(C3CCC3)CC2)C1. The Kier molecular flexibility index (Phi) is 5.79. The third kappa shape index (κ3) is 4.06. The van der Waals surface area contributed by atoms with Crippen LogP contribution in [0.2, 0.25) is 0 Å². The van der Waals surface area contributed by atoms with Gasteiger partial charge in [-0.05, 0) is 38.0 Å². The number of amides is 2. The summed E-state index contributed by atoms with van der Waals surface area (Å²) in [5, 5.41) is 0. The summed E-state index contributed by atoms with van der Waals surface area (Å²) < 4.78 is 5.36. The fraction of sp³-hybridized carbons (Fsp3) is 0.900. The summed E-state index contributed by atoms with van der Waals surface area (Å²) in [7, 11) is 0. The van der Waals surface area contributed by atoms with E-state index < -0.39 is 0 Å². The lowest BCUT2D eigenvalue weighted by molar-refractivity contribution is -0.149. The molecule has 0 aromatic heterocycles. The molecule has 4 aliphatic rings. The molecule has 6 nitrogen and oxygen atoms in total. The molecule has 1 aliphatic carbocycles. The standard InChI is InChI=1S/C20H33N3O3/c24-19(13-16-5-11-26-12-6-16)23-14-17(15-23)20(25)22-8-2-7-21(9-10-22)18-3-1-4-18/h16-18H,1-15H2. The van der Waals surface area contributed by atoms with E-state index >= 15 is 0 Å². The van der Waals surface area contributed by atoms with Crippen molar-refractivity contribution in [1.29, 1.82) is 0 Å². The first kappa shape index (κ1) is 18.2. The Hall–Kier alpha value is -1.14. The van der Waals surface area contributed by atoms with Crippen molar-refractivity contribution in [3.05, 3.63) is 0 Å². The van der Waals surface area contributed by atoms with Crippen molar-refractivity contribution in [2.75, 3.05) is 52.5 Å². The lowest BCUT2D eigenvalue weighted by atomic mass is 9.91. The largest absolute Gasteiger partial charge is 0.381 e. The number of nitrogens with zero attached hydrogens (tertiary/aromatic N) is 3. The molecule has 2 amide bonds. The highest BCUT2D eigenvalue weighted by Gasteiger charge is 2.39. The zero-order valence-electron chi connectivity index (χ0n) is 15.9. The molecule has 0 unspecified atom stereocenters. The van der Waals surface area contributed by atoms with Crippen LogP contribution in [0.25, 0.3) is 0 Å². The van der Waals surface area contributed by atoms with Gasteiger partial charge in [-0.1, -0.05) is 6.42 Å².